The van der Waals surface area contributed by atoms with Crippen LogP contribution in [-0.2, 0) is 14.8 Å². The average molecular weight is 326 g/mol. The topological polar surface area (TPSA) is 75.7 Å². The van der Waals surface area contributed by atoms with Crippen LogP contribution in [-0.4, -0.2) is 46.2 Å². The molecule has 1 aliphatic rings. The van der Waals surface area contributed by atoms with Crippen LogP contribution in [0.3, 0.4) is 0 Å². The van der Waals surface area contributed by atoms with Gasteiger partial charge in [-0.1, -0.05) is 17.7 Å². The number of methoxy groups -OCH3 is 1. The molecule has 2 amide bonds. The largest absolute Gasteiger partial charge is 0.384 e. The molecule has 1 aliphatic heterocycles. The van der Waals surface area contributed by atoms with Gasteiger partial charge < -0.3 is 9.64 Å². The lowest BCUT2D eigenvalue weighted by Crippen LogP contribution is -2.46. The van der Waals surface area contributed by atoms with Gasteiger partial charge in [-0.05, 0) is 37.8 Å². The van der Waals surface area contributed by atoms with Gasteiger partial charge in [-0.15, -0.1) is 0 Å². The van der Waals surface area contributed by atoms with Crippen molar-refractivity contribution in [1.82, 2.24) is 9.62 Å². The van der Waals surface area contributed by atoms with Crippen molar-refractivity contribution >= 4 is 16.1 Å². The van der Waals surface area contributed by atoms with Gasteiger partial charge in [0, 0.05) is 26.8 Å². The highest BCUT2D eigenvalue weighted by molar-refractivity contribution is 7.90. The lowest BCUT2D eigenvalue weighted by atomic mass is 9.98. The molecular weight excluding hydrogens is 304 g/mol. The van der Waals surface area contributed by atoms with Crippen LogP contribution in [0.5, 0.6) is 0 Å². The molecule has 0 unspecified atom stereocenters. The summed E-state index contributed by atoms with van der Waals surface area (Å²) in [5.74, 6) is 0.433. The minimum Gasteiger partial charge on any atom is -0.384 e. The van der Waals surface area contributed by atoms with E-state index in [2.05, 4.69) is 4.72 Å². The summed E-state index contributed by atoms with van der Waals surface area (Å²) in [5, 5.41) is 0. The van der Waals surface area contributed by atoms with Crippen molar-refractivity contribution in [2.45, 2.75) is 24.7 Å². The summed E-state index contributed by atoms with van der Waals surface area (Å²) in [5.41, 5.74) is 0.963. The SMILES string of the molecule is COCC1CCN(C(=O)NS(=O)(=O)c2ccc(C)cc2)CC1. The maximum Gasteiger partial charge on any atom is 0.331 e. The van der Waals surface area contributed by atoms with Crippen molar-refractivity contribution in [2.24, 2.45) is 5.92 Å². The minimum absolute atomic E-state index is 0.0979. The summed E-state index contributed by atoms with van der Waals surface area (Å²) in [4.78, 5) is 13.8. The Hall–Kier alpha value is -1.60. The second-order valence-corrected chi connectivity index (χ2v) is 7.29. The standard InChI is InChI=1S/C15H22N2O4S/c1-12-3-5-14(6-4-12)22(19,20)16-15(18)17-9-7-13(8-10-17)11-21-2/h3-6,13H,7-11H2,1-2H3,(H,16,18). The molecule has 0 saturated carbocycles. The molecule has 0 aromatic heterocycles. The number of sulfonamides is 1. The highest BCUT2D eigenvalue weighted by Crippen LogP contribution is 2.18. The van der Waals surface area contributed by atoms with Crippen LogP contribution in [0.2, 0.25) is 0 Å². The molecule has 0 radical (unpaired) electrons. The number of likely N-dealkylation sites (tertiary alicyclic amines) is 1. The van der Waals surface area contributed by atoms with E-state index >= 15 is 0 Å². The van der Waals surface area contributed by atoms with Crippen LogP contribution in [0.25, 0.3) is 0 Å². The van der Waals surface area contributed by atoms with Crippen LogP contribution in [0, 0.1) is 12.8 Å². The number of hydrogen-bond donors (Lipinski definition) is 1. The number of urea groups is 1. The number of benzene rings is 1. The summed E-state index contributed by atoms with van der Waals surface area (Å²) in [6, 6.07) is 5.84. The smallest absolute Gasteiger partial charge is 0.331 e. The van der Waals surface area contributed by atoms with Gasteiger partial charge >= 0.3 is 6.03 Å². The third-order valence-corrected chi connectivity index (χ3v) is 5.19. The van der Waals surface area contributed by atoms with Gasteiger partial charge in [0.15, 0.2) is 0 Å². The number of carbonyl (C=O) groups is 1. The number of ether oxygens (including phenoxy) is 1. The predicted octanol–water partition coefficient (Wildman–Crippen LogP) is 1.75. The first-order valence-corrected chi connectivity index (χ1v) is 8.78. The number of amides is 2. The molecule has 0 spiro atoms. The van der Waals surface area contributed by atoms with Crippen molar-refractivity contribution in [2.75, 3.05) is 26.8 Å². The van der Waals surface area contributed by atoms with Crippen LogP contribution < -0.4 is 4.72 Å². The fourth-order valence-corrected chi connectivity index (χ4v) is 3.47. The van der Waals surface area contributed by atoms with E-state index in [1.807, 2.05) is 6.92 Å². The van der Waals surface area contributed by atoms with E-state index in [-0.39, 0.29) is 4.90 Å². The van der Waals surface area contributed by atoms with E-state index in [4.69, 9.17) is 4.74 Å². The number of rotatable bonds is 4. The molecule has 1 aromatic rings. The van der Waals surface area contributed by atoms with E-state index in [9.17, 15) is 13.2 Å². The second kappa shape index (κ2) is 7.11. The molecule has 1 N–H and O–H groups in total. The Morgan fingerprint density at radius 3 is 2.41 bits per heavy atom. The third kappa shape index (κ3) is 4.20. The zero-order valence-corrected chi connectivity index (χ0v) is 13.7. The zero-order chi connectivity index (χ0) is 16.2. The predicted molar refractivity (Wildman–Crippen MR) is 83.1 cm³/mol. The summed E-state index contributed by atoms with van der Waals surface area (Å²) in [7, 11) is -2.16. The number of nitrogens with zero attached hydrogens (tertiary/aromatic N) is 1. The third-order valence-electron chi connectivity index (χ3n) is 3.86. The first kappa shape index (κ1) is 16.8. The van der Waals surface area contributed by atoms with Gasteiger partial charge in [0.2, 0.25) is 0 Å². The minimum atomic E-state index is -3.82. The fourth-order valence-electron chi connectivity index (χ4n) is 2.49. The second-order valence-electron chi connectivity index (χ2n) is 5.61. The Bertz CT molecular complexity index is 605. The molecule has 0 bridgehead atoms. The normalized spacial score (nSPS) is 16.5. The molecule has 1 heterocycles. The number of piperidine rings is 1. The van der Waals surface area contributed by atoms with E-state index in [1.54, 1.807) is 19.2 Å². The molecule has 1 fully saturated rings. The summed E-state index contributed by atoms with van der Waals surface area (Å²) < 4.78 is 31.6. The van der Waals surface area contributed by atoms with Crippen molar-refractivity contribution in [3.8, 4) is 0 Å². The van der Waals surface area contributed by atoms with Gasteiger partial charge in [0.05, 0.1) is 4.90 Å². The molecule has 1 aromatic carbocycles. The summed E-state index contributed by atoms with van der Waals surface area (Å²) in [6.07, 6.45) is 1.65. The molecule has 2 rings (SSSR count). The van der Waals surface area contributed by atoms with Crippen LogP contribution in [0.4, 0.5) is 4.79 Å². The van der Waals surface area contributed by atoms with Gasteiger partial charge in [-0.2, -0.15) is 0 Å². The van der Waals surface area contributed by atoms with E-state index in [0.29, 0.717) is 25.6 Å². The Morgan fingerprint density at radius 2 is 1.86 bits per heavy atom. The van der Waals surface area contributed by atoms with E-state index in [0.717, 1.165) is 18.4 Å². The fraction of sp³-hybridized carbons (Fsp3) is 0.533. The van der Waals surface area contributed by atoms with E-state index in [1.165, 1.54) is 17.0 Å². The van der Waals surface area contributed by atoms with Crippen LogP contribution in [0.15, 0.2) is 29.2 Å². The first-order valence-electron chi connectivity index (χ1n) is 7.29. The maximum absolute atomic E-state index is 12.2. The number of nitrogens with one attached hydrogen (secondary N) is 1. The number of carbonyl (C=O) groups excluding carboxylic acids is 1. The zero-order valence-electron chi connectivity index (χ0n) is 12.9. The van der Waals surface area contributed by atoms with Gasteiger partial charge in [-0.25, -0.2) is 17.9 Å². The van der Waals surface area contributed by atoms with Gasteiger partial charge in [0.1, 0.15) is 0 Å². The molecular formula is C15H22N2O4S. The summed E-state index contributed by atoms with van der Waals surface area (Å²) >= 11 is 0. The van der Waals surface area contributed by atoms with Crippen molar-refractivity contribution in [3.05, 3.63) is 29.8 Å². The Morgan fingerprint density at radius 1 is 1.27 bits per heavy atom. The Kier molecular flexibility index (Phi) is 5.42. The number of aryl methyl sites for hydroxylation is 1. The van der Waals surface area contributed by atoms with Gasteiger partial charge in [-0.3, -0.25) is 0 Å². The lowest BCUT2D eigenvalue weighted by Gasteiger charge is -2.31. The highest BCUT2D eigenvalue weighted by atomic mass is 32.2. The van der Waals surface area contributed by atoms with Crippen molar-refractivity contribution in [3.63, 3.8) is 0 Å². The average Bonchev–Trinajstić information content (AvgIpc) is 2.48. The molecule has 0 aliphatic carbocycles. The first-order chi connectivity index (χ1) is 10.4. The van der Waals surface area contributed by atoms with Crippen LogP contribution in [0.1, 0.15) is 18.4 Å². The summed E-state index contributed by atoms with van der Waals surface area (Å²) in [6.45, 7) is 3.64. The Balaban J connectivity index is 1.95. The van der Waals surface area contributed by atoms with E-state index < -0.39 is 16.1 Å². The maximum atomic E-state index is 12.2. The Labute approximate surface area is 131 Å². The van der Waals surface area contributed by atoms with Crippen molar-refractivity contribution < 1.29 is 17.9 Å². The molecule has 6 nitrogen and oxygen atoms in total. The highest BCUT2D eigenvalue weighted by Gasteiger charge is 2.26. The molecule has 22 heavy (non-hydrogen) atoms. The van der Waals surface area contributed by atoms with Gasteiger partial charge in [0.25, 0.3) is 10.0 Å². The van der Waals surface area contributed by atoms with Crippen LogP contribution >= 0.6 is 0 Å². The number of hydrogen-bond acceptors (Lipinski definition) is 4. The molecule has 0 atom stereocenters. The monoisotopic (exact) mass is 326 g/mol. The molecule has 1 saturated heterocycles. The lowest BCUT2D eigenvalue weighted by molar-refractivity contribution is 0.108. The molecule has 122 valence electrons. The van der Waals surface area contributed by atoms with Crippen molar-refractivity contribution in [1.29, 1.82) is 0 Å². The molecule has 7 heteroatoms. The quantitative estimate of drug-likeness (QED) is 0.914.